The Bertz CT molecular complexity index is 1050. The van der Waals surface area contributed by atoms with Gasteiger partial charge >= 0.3 is 0 Å². The summed E-state index contributed by atoms with van der Waals surface area (Å²) in [7, 11) is 0. The Balaban J connectivity index is 0.000000354. The van der Waals surface area contributed by atoms with Crippen LogP contribution in [0.5, 0.6) is 0 Å². The number of halogens is 1. The fourth-order valence-electron chi connectivity index (χ4n) is 3.15. The van der Waals surface area contributed by atoms with Crippen molar-refractivity contribution in [2.24, 2.45) is 4.99 Å². The maximum Gasteiger partial charge on any atom is 0.187 e. The third-order valence-corrected chi connectivity index (χ3v) is 4.91. The molecule has 1 aliphatic heterocycles. The Kier molecular flexibility index (Phi) is 11.7. The molecule has 0 atom stereocenters. The lowest BCUT2D eigenvalue weighted by Crippen LogP contribution is -2.06. The number of Topliss-reactive ketones (excluding diaryl/α,β-unsaturated/α-hetero) is 1. The number of aromatic amines is 1. The maximum atomic E-state index is 13.4. The summed E-state index contributed by atoms with van der Waals surface area (Å²) < 4.78 is 13.4. The van der Waals surface area contributed by atoms with Crippen molar-refractivity contribution in [3.8, 4) is 0 Å². The smallest absolute Gasteiger partial charge is 0.187 e. The summed E-state index contributed by atoms with van der Waals surface area (Å²) in [5, 5.41) is 7.14. The molecule has 0 saturated carbocycles. The van der Waals surface area contributed by atoms with E-state index in [4.69, 9.17) is 0 Å². The number of H-pyrrole nitrogens is 1. The second-order valence-corrected chi connectivity index (χ2v) is 7.47. The largest absolute Gasteiger partial charge is 0.289 e. The summed E-state index contributed by atoms with van der Waals surface area (Å²) in [5.74, 6) is 0.434. The number of allylic oxidation sites excluding steroid dienone is 11. The van der Waals surface area contributed by atoms with Crippen LogP contribution >= 0.6 is 0 Å². The number of aromatic nitrogens is 2. The van der Waals surface area contributed by atoms with Crippen LogP contribution in [0.2, 0.25) is 0 Å². The number of ketones is 1. The molecule has 0 fully saturated rings. The Morgan fingerprint density at radius 1 is 1.18 bits per heavy atom. The van der Waals surface area contributed by atoms with Gasteiger partial charge in [0.2, 0.25) is 0 Å². The van der Waals surface area contributed by atoms with E-state index in [1.165, 1.54) is 12.2 Å². The molecule has 2 heterocycles. The molecule has 2 aliphatic rings. The number of nitrogens with one attached hydrogen (secondary N) is 1. The Labute approximate surface area is 197 Å². The van der Waals surface area contributed by atoms with Crippen molar-refractivity contribution in [1.82, 2.24) is 10.2 Å². The van der Waals surface area contributed by atoms with Crippen molar-refractivity contribution < 1.29 is 9.18 Å². The van der Waals surface area contributed by atoms with E-state index >= 15 is 0 Å². The molecule has 0 saturated heterocycles. The van der Waals surface area contributed by atoms with Gasteiger partial charge in [-0.25, -0.2) is 9.38 Å². The zero-order valence-electron chi connectivity index (χ0n) is 20.6. The van der Waals surface area contributed by atoms with Gasteiger partial charge in [0.1, 0.15) is 5.83 Å². The molecule has 176 valence electrons. The first kappa shape index (κ1) is 27.7. The molecule has 1 aliphatic carbocycles. The van der Waals surface area contributed by atoms with Gasteiger partial charge < -0.3 is 0 Å². The molecule has 3 rings (SSSR count). The summed E-state index contributed by atoms with van der Waals surface area (Å²) in [6, 6.07) is 0. The molecular formula is C28H36FN3O. The topological polar surface area (TPSA) is 58.1 Å². The van der Waals surface area contributed by atoms with Gasteiger partial charge in [-0.2, -0.15) is 5.10 Å². The van der Waals surface area contributed by atoms with E-state index in [2.05, 4.69) is 34.9 Å². The minimum Gasteiger partial charge on any atom is -0.289 e. The van der Waals surface area contributed by atoms with Crippen molar-refractivity contribution in [2.45, 2.75) is 60.3 Å². The number of rotatable bonds is 6. The second kappa shape index (κ2) is 13.9. The highest BCUT2D eigenvalue weighted by Crippen LogP contribution is 2.32. The summed E-state index contributed by atoms with van der Waals surface area (Å²) in [5.41, 5.74) is 5.82. The van der Waals surface area contributed by atoms with Crippen molar-refractivity contribution in [1.29, 1.82) is 0 Å². The van der Waals surface area contributed by atoms with Crippen molar-refractivity contribution in [2.75, 3.05) is 0 Å². The number of fused-ring (bicyclic) bond motifs is 1. The normalized spacial score (nSPS) is 15.0. The lowest BCUT2D eigenvalue weighted by Gasteiger charge is -2.12. The summed E-state index contributed by atoms with van der Waals surface area (Å²) in [6.07, 6.45) is 14.0. The third-order valence-electron chi connectivity index (χ3n) is 4.91. The van der Waals surface area contributed by atoms with Crippen molar-refractivity contribution >= 4 is 22.9 Å². The SMILES string of the molecule is C=C(C)C(=O)C1=CCCC=C1.C=C/C(=C\C(F)=C/C)c1[nH]nc2c1CCC(C(=C)C)=N2.CC. The Morgan fingerprint density at radius 3 is 2.39 bits per heavy atom. The van der Waals surface area contributed by atoms with Crippen LogP contribution in [0.4, 0.5) is 10.2 Å². The van der Waals surface area contributed by atoms with Crippen molar-refractivity contribution in [3.63, 3.8) is 0 Å². The molecule has 33 heavy (non-hydrogen) atoms. The van der Waals surface area contributed by atoms with E-state index in [0.717, 1.165) is 53.8 Å². The van der Waals surface area contributed by atoms with Gasteiger partial charge in [0.25, 0.3) is 0 Å². The molecule has 1 aromatic rings. The van der Waals surface area contributed by atoms with E-state index in [0.29, 0.717) is 17.0 Å². The number of aliphatic imine (C=N–C) groups is 1. The minimum atomic E-state index is -0.301. The van der Waals surface area contributed by atoms with E-state index in [9.17, 15) is 9.18 Å². The zero-order chi connectivity index (χ0) is 25.0. The van der Waals surface area contributed by atoms with Crippen LogP contribution in [0.3, 0.4) is 0 Å². The summed E-state index contributed by atoms with van der Waals surface area (Å²) >= 11 is 0. The van der Waals surface area contributed by atoms with Crippen LogP contribution in [0.1, 0.15) is 65.1 Å². The molecular weight excluding hydrogens is 413 g/mol. The zero-order valence-corrected chi connectivity index (χ0v) is 20.6. The monoisotopic (exact) mass is 449 g/mol. The fourth-order valence-corrected chi connectivity index (χ4v) is 3.15. The summed E-state index contributed by atoms with van der Waals surface area (Å²) in [4.78, 5) is 15.8. The lowest BCUT2D eigenvalue weighted by atomic mass is 9.97. The third kappa shape index (κ3) is 7.94. The number of carbonyl (C=O) groups excluding carboxylic acids is 1. The van der Waals surface area contributed by atoms with Crippen LogP contribution in [0, 0.1) is 0 Å². The van der Waals surface area contributed by atoms with Gasteiger partial charge in [-0.3, -0.25) is 9.89 Å². The van der Waals surface area contributed by atoms with Crippen LogP contribution < -0.4 is 0 Å². The second-order valence-electron chi connectivity index (χ2n) is 7.47. The highest BCUT2D eigenvalue weighted by Gasteiger charge is 2.20. The first-order chi connectivity index (χ1) is 15.8. The molecule has 5 heteroatoms. The molecule has 1 aromatic heterocycles. The number of hydrogen-bond donors (Lipinski definition) is 1. The number of nitrogens with zero attached hydrogens (tertiary/aromatic N) is 2. The standard InChI is InChI=1S/C16H18FN3.C10H12O.C2H6/c1-5-11(9-12(17)6-2)15-13-7-8-14(10(3)4)18-16(13)20-19-15;1-8(2)10(11)9-6-4-3-5-7-9;1-2/h5-6,9H,1,3,7-8H2,2,4H3,(H,19,20);4,6-7H,1,3,5H2,2H3;1-2H3/b11-9+,12-6+;;. The first-order valence-electron chi connectivity index (χ1n) is 11.3. The molecule has 0 amide bonds. The predicted molar refractivity (Wildman–Crippen MR) is 139 cm³/mol. The van der Waals surface area contributed by atoms with Gasteiger partial charge in [-0.15, -0.1) is 0 Å². The average Bonchev–Trinajstić information content (AvgIpc) is 3.27. The van der Waals surface area contributed by atoms with E-state index in [-0.39, 0.29) is 11.6 Å². The highest BCUT2D eigenvalue weighted by molar-refractivity contribution is 6.09. The molecule has 4 nitrogen and oxygen atoms in total. The van der Waals surface area contributed by atoms with Gasteiger partial charge in [-0.1, -0.05) is 64.0 Å². The van der Waals surface area contributed by atoms with Gasteiger partial charge in [0.05, 0.1) is 5.69 Å². The summed E-state index contributed by atoms with van der Waals surface area (Å²) in [6.45, 7) is 20.6. The van der Waals surface area contributed by atoms with E-state index in [1.54, 1.807) is 19.9 Å². The van der Waals surface area contributed by atoms with Crippen LogP contribution in [0.15, 0.2) is 83.7 Å². The number of hydrogen-bond acceptors (Lipinski definition) is 3. The quantitative estimate of drug-likeness (QED) is 0.355. The van der Waals surface area contributed by atoms with Gasteiger partial charge in [-0.05, 0) is 63.7 Å². The lowest BCUT2D eigenvalue weighted by molar-refractivity contribution is -0.111. The highest BCUT2D eigenvalue weighted by atomic mass is 19.1. The predicted octanol–water partition coefficient (Wildman–Crippen LogP) is 7.88. The maximum absolute atomic E-state index is 13.4. The van der Waals surface area contributed by atoms with Crippen LogP contribution in [0.25, 0.3) is 5.57 Å². The van der Waals surface area contributed by atoms with Crippen LogP contribution in [-0.2, 0) is 11.2 Å². The average molecular weight is 450 g/mol. The molecule has 1 N–H and O–H groups in total. The minimum absolute atomic E-state index is 0.0703. The van der Waals surface area contributed by atoms with E-state index in [1.807, 2.05) is 39.0 Å². The van der Waals surface area contributed by atoms with Gasteiger partial charge in [0, 0.05) is 22.4 Å². The molecule has 0 bridgehead atoms. The molecule has 0 aromatic carbocycles. The first-order valence-corrected chi connectivity index (χ1v) is 11.3. The number of carbonyl (C=O) groups is 1. The van der Waals surface area contributed by atoms with Crippen LogP contribution in [-0.4, -0.2) is 21.7 Å². The molecule has 0 radical (unpaired) electrons. The Hall–Kier alpha value is -3.34. The van der Waals surface area contributed by atoms with E-state index < -0.39 is 0 Å². The van der Waals surface area contributed by atoms with Gasteiger partial charge in [0.15, 0.2) is 11.6 Å². The fraction of sp³-hybridized carbons (Fsp3) is 0.321. The van der Waals surface area contributed by atoms with Crippen molar-refractivity contribution in [3.05, 3.63) is 90.0 Å². The molecule has 0 unspecified atom stereocenters. The molecule has 0 spiro atoms. The Morgan fingerprint density at radius 2 is 1.88 bits per heavy atom.